The lowest BCUT2D eigenvalue weighted by Crippen LogP contribution is -2.44. The summed E-state index contributed by atoms with van der Waals surface area (Å²) in [5.74, 6) is 0. The highest BCUT2D eigenvalue weighted by atomic mass is 16.5. The van der Waals surface area contributed by atoms with Gasteiger partial charge in [-0.1, -0.05) is 6.92 Å². The summed E-state index contributed by atoms with van der Waals surface area (Å²) in [5.41, 5.74) is 6.65. The molecule has 2 heterocycles. The first-order chi connectivity index (χ1) is 8.33. The van der Waals surface area contributed by atoms with Crippen molar-refractivity contribution in [3.63, 3.8) is 0 Å². The zero-order valence-corrected chi connectivity index (χ0v) is 10.5. The Bertz CT molecular complexity index is 339. The van der Waals surface area contributed by atoms with Crippen molar-refractivity contribution in [1.29, 1.82) is 0 Å². The van der Waals surface area contributed by atoms with E-state index in [2.05, 4.69) is 27.6 Å². The van der Waals surface area contributed by atoms with Gasteiger partial charge < -0.3 is 15.0 Å². The van der Waals surface area contributed by atoms with E-state index in [4.69, 9.17) is 10.5 Å². The fourth-order valence-corrected chi connectivity index (χ4v) is 2.24. The highest BCUT2D eigenvalue weighted by Gasteiger charge is 2.21. The molecule has 0 bridgehead atoms. The number of nitrogens with two attached hydrogens (primary N) is 1. The van der Waals surface area contributed by atoms with E-state index in [0.717, 1.165) is 45.0 Å². The average Bonchev–Trinajstić information content (AvgIpc) is 2.78. The second-order valence-corrected chi connectivity index (χ2v) is 4.50. The van der Waals surface area contributed by atoms with E-state index in [9.17, 15) is 0 Å². The van der Waals surface area contributed by atoms with Crippen LogP contribution in [0, 0.1) is 0 Å². The Morgan fingerprint density at radius 1 is 1.59 bits per heavy atom. The first-order valence-electron chi connectivity index (χ1n) is 6.36. The van der Waals surface area contributed by atoms with Crippen LogP contribution in [0.2, 0.25) is 0 Å². The Kier molecular flexibility index (Phi) is 4.53. The van der Waals surface area contributed by atoms with E-state index in [1.165, 1.54) is 0 Å². The minimum atomic E-state index is 0.531. The molecule has 1 aliphatic heterocycles. The van der Waals surface area contributed by atoms with Crippen LogP contribution < -0.4 is 5.73 Å². The highest BCUT2D eigenvalue weighted by molar-refractivity contribution is 4.97. The summed E-state index contributed by atoms with van der Waals surface area (Å²) in [4.78, 5) is 6.88. The minimum Gasteiger partial charge on any atom is -0.378 e. The largest absolute Gasteiger partial charge is 0.378 e. The van der Waals surface area contributed by atoms with Crippen molar-refractivity contribution in [2.24, 2.45) is 5.73 Å². The van der Waals surface area contributed by atoms with Gasteiger partial charge in [0, 0.05) is 38.4 Å². The molecule has 1 aromatic heterocycles. The molecule has 17 heavy (non-hydrogen) atoms. The highest BCUT2D eigenvalue weighted by Crippen LogP contribution is 2.13. The van der Waals surface area contributed by atoms with E-state index in [1.54, 1.807) is 0 Å². The molecule has 0 aliphatic carbocycles. The van der Waals surface area contributed by atoms with Gasteiger partial charge in [0.1, 0.15) is 0 Å². The Labute approximate surface area is 103 Å². The predicted molar refractivity (Wildman–Crippen MR) is 66.6 cm³/mol. The summed E-state index contributed by atoms with van der Waals surface area (Å²) in [6.45, 7) is 7.30. The maximum Gasteiger partial charge on any atom is 0.0950 e. The molecule has 5 nitrogen and oxygen atoms in total. The van der Waals surface area contributed by atoms with Crippen molar-refractivity contribution in [3.05, 3.63) is 18.2 Å². The monoisotopic (exact) mass is 238 g/mol. The number of imidazole rings is 1. The number of hydrogen-bond acceptors (Lipinski definition) is 4. The molecule has 96 valence electrons. The van der Waals surface area contributed by atoms with Crippen molar-refractivity contribution in [3.8, 4) is 0 Å². The van der Waals surface area contributed by atoms with Gasteiger partial charge in [0.2, 0.25) is 0 Å². The van der Waals surface area contributed by atoms with Crippen molar-refractivity contribution in [1.82, 2.24) is 14.5 Å². The fourth-order valence-electron chi connectivity index (χ4n) is 2.24. The third-order valence-corrected chi connectivity index (χ3v) is 3.26. The van der Waals surface area contributed by atoms with Crippen LogP contribution in [0.1, 0.15) is 19.0 Å². The van der Waals surface area contributed by atoms with Crippen LogP contribution in [0.25, 0.3) is 0 Å². The fraction of sp³-hybridized carbons (Fsp3) is 0.750. The van der Waals surface area contributed by atoms with E-state index < -0.39 is 0 Å². The number of aromatic nitrogens is 2. The quantitative estimate of drug-likeness (QED) is 0.809. The Morgan fingerprint density at radius 2 is 2.47 bits per heavy atom. The standard InChI is InChI=1S/C12H22N4O/c1-2-12-9-17-6-5-16(12)8-11-7-15(4-3-13)10-14-11/h7,10,12H,2-6,8-9,13H2,1H3. The van der Waals surface area contributed by atoms with Gasteiger partial charge in [0.25, 0.3) is 0 Å². The first-order valence-corrected chi connectivity index (χ1v) is 6.36. The van der Waals surface area contributed by atoms with Crippen molar-refractivity contribution < 1.29 is 4.74 Å². The van der Waals surface area contributed by atoms with Crippen molar-refractivity contribution in [2.75, 3.05) is 26.3 Å². The van der Waals surface area contributed by atoms with Crippen LogP contribution in [-0.2, 0) is 17.8 Å². The zero-order chi connectivity index (χ0) is 12.1. The van der Waals surface area contributed by atoms with E-state index in [1.807, 2.05) is 6.33 Å². The lowest BCUT2D eigenvalue weighted by atomic mass is 10.1. The third-order valence-electron chi connectivity index (χ3n) is 3.26. The molecule has 2 rings (SSSR count). The SMILES string of the molecule is CCC1COCCN1Cc1cn(CCN)cn1. The van der Waals surface area contributed by atoms with E-state index >= 15 is 0 Å². The molecular formula is C12H22N4O. The summed E-state index contributed by atoms with van der Waals surface area (Å²) in [6.07, 6.45) is 5.09. The Hall–Kier alpha value is -0.910. The summed E-state index contributed by atoms with van der Waals surface area (Å²) in [5, 5.41) is 0. The van der Waals surface area contributed by atoms with Gasteiger partial charge in [-0.15, -0.1) is 0 Å². The molecule has 1 atom stereocenters. The molecule has 5 heteroatoms. The normalized spacial score (nSPS) is 21.9. The van der Waals surface area contributed by atoms with Crippen molar-refractivity contribution >= 4 is 0 Å². The number of nitrogens with zero attached hydrogens (tertiary/aromatic N) is 3. The lowest BCUT2D eigenvalue weighted by Gasteiger charge is -2.34. The van der Waals surface area contributed by atoms with Gasteiger partial charge in [-0.2, -0.15) is 0 Å². The molecule has 0 radical (unpaired) electrons. The van der Waals surface area contributed by atoms with Crippen LogP contribution in [-0.4, -0.2) is 46.8 Å². The Morgan fingerprint density at radius 3 is 3.24 bits per heavy atom. The molecule has 0 saturated carbocycles. The molecule has 1 aromatic rings. The van der Waals surface area contributed by atoms with Gasteiger partial charge in [-0.05, 0) is 6.42 Å². The lowest BCUT2D eigenvalue weighted by molar-refractivity contribution is -0.0132. The van der Waals surface area contributed by atoms with Gasteiger partial charge >= 0.3 is 0 Å². The molecule has 0 spiro atoms. The van der Waals surface area contributed by atoms with E-state index in [0.29, 0.717) is 12.6 Å². The Balaban J connectivity index is 1.93. The topological polar surface area (TPSA) is 56.3 Å². The van der Waals surface area contributed by atoms with E-state index in [-0.39, 0.29) is 0 Å². The van der Waals surface area contributed by atoms with Gasteiger partial charge in [0.15, 0.2) is 0 Å². The van der Waals surface area contributed by atoms with Crippen LogP contribution >= 0.6 is 0 Å². The van der Waals surface area contributed by atoms with Crippen molar-refractivity contribution in [2.45, 2.75) is 32.5 Å². The molecule has 1 unspecified atom stereocenters. The predicted octanol–water partition coefficient (Wildman–Crippen LogP) is 0.453. The maximum absolute atomic E-state index is 5.52. The molecular weight excluding hydrogens is 216 g/mol. The molecule has 1 fully saturated rings. The van der Waals surface area contributed by atoms with Gasteiger partial charge in [0.05, 0.1) is 25.2 Å². The molecule has 0 amide bonds. The first kappa shape index (κ1) is 12.5. The second-order valence-electron chi connectivity index (χ2n) is 4.50. The minimum absolute atomic E-state index is 0.531. The zero-order valence-electron chi connectivity index (χ0n) is 10.5. The van der Waals surface area contributed by atoms with Crippen LogP contribution in [0.3, 0.4) is 0 Å². The summed E-state index contributed by atoms with van der Waals surface area (Å²) >= 11 is 0. The summed E-state index contributed by atoms with van der Waals surface area (Å²) in [7, 11) is 0. The number of ether oxygens (including phenoxy) is 1. The molecule has 2 N–H and O–H groups in total. The number of rotatable bonds is 5. The number of hydrogen-bond donors (Lipinski definition) is 1. The van der Waals surface area contributed by atoms with Crippen LogP contribution in [0.4, 0.5) is 0 Å². The molecule has 1 saturated heterocycles. The second kappa shape index (κ2) is 6.14. The third kappa shape index (κ3) is 3.28. The smallest absolute Gasteiger partial charge is 0.0950 e. The van der Waals surface area contributed by atoms with Gasteiger partial charge in [-0.3, -0.25) is 4.90 Å². The maximum atomic E-state index is 5.52. The summed E-state index contributed by atoms with van der Waals surface area (Å²) in [6, 6.07) is 0.531. The number of morpholine rings is 1. The van der Waals surface area contributed by atoms with Crippen LogP contribution in [0.5, 0.6) is 0 Å². The molecule has 0 aromatic carbocycles. The average molecular weight is 238 g/mol. The van der Waals surface area contributed by atoms with Gasteiger partial charge in [-0.25, -0.2) is 4.98 Å². The van der Waals surface area contributed by atoms with Crippen LogP contribution in [0.15, 0.2) is 12.5 Å². The molecule has 1 aliphatic rings. The summed E-state index contributed by atoms with van der Waals surface area (Å²) < 4.78 is 7.55.